The molecule has 150 valence electrons. The smallest absolute Gasteiger partial charge is 0.204 e. The quantitative estimate of drug-likeness (QED) is 0.398. The molecule has 4 rings (SSSR count). The summed E-state index contributed by atoms with van der Waals surface area (Å²) in [7, 11) is 1.24. The van der Waals surface area contributed by atoms with Crippen LogP contribution in [0.2, 0.25) is 0 Å². The summed E-state index contributed by atoms with van der Waals surface area (Å²) >= 11 is 0. The van der Waals surface area contributed by atoms with E-state index in [0.29, 0.717) is 17.7 Å². The fraction of sp³-hybridized carbons (Fsp3) is 0.182. The zero-order chi connectivity index (χ0) is 20.5. The largest absolute Gasteiger partial charge is 0.494 e. The van der Waals surface area contributed by atoms with Crippen molar-refractivity contribution in [3.05, 3.63) is 82.9 Å². The molecule has 1 aliphatic heterocycles. The maximum atomic E-state index is 14.4. The van der Waals surface area contributed by atoms with Gasteiger partial charge in [-0.1, -0.05) is 36.4 Å². The summed E-state index contributed by atoms with van der Waals surface area (Å²) in [5.41, 5.74) is 1.47. The molecule has 29 heavy (non-hydrogen) atoms. The van der Waals surface area contributed by atoms with Crippen molar-refractivity contribution < 1.29 is 31.8 Å². The lowest BCUT2D eigenvalue weighted by molar-refractivity contribution is 0.280. The van der Waals surface area contributed by atoms with Crippen molar-refractivity contribution in [3.63, 3.8) is 0 Å². The van der Waals surface area contributed by atoms with Crippen LogP contribution in [0.15, 0.2) is 48.5 Å². The minimum absolute atomic E-state index is 0.0300. The molecule has 3 aromatic rings. The zero-order valence-electron chi connectivity index (χ0n) is 15.3. The Balaban J connectivity index is 1.49. The van der Waals surface area contributed by atoms with Crippen LogP contribution in [0.1, 0.15) is 17.2 Å². The molecule has 1 fully saturated rings. The first kappa shape index (κ1) is 19.3. The SMILES string of the molecule is COc1ccc(OCc2ccc(-c3ccc(C4CO4)c(F)c3F)cc2)c(F)c1F. The predicted octanol–water partition coefficient (Wildman–Crippen LogP) is 5.57. The third-order valence-corrected chi connectivity index (χ3v) is 4.68. The van der Waals surface area contributed by atoms with Crippen molar-refractivity contribution in [1.82, 2.24) is 0 Å². The van der Waals surface area contributed by atoms with Crippen molar-refractivity contribution in [2.75, 3.05) is 13.7 Å². The highest BCUT2D eigenvalue weighted by Crippen LogP contribution is 2.35. The highest BCUT2D eigenvalue weighted by atomic mass is 19.2. The minimum atomic E-state index is -1.14. The Morgan fingerprint density at radius 2 is 1.48 bits per heavy atom. The van der Waals surface area contributed by atoms with Gasteiger partial charge in [-0.2, -0.15) is 8.78 Å². The fourth-order valence-electron chi connectivity index (χ4n) is 2.99. The van der Waals surface area contributed by atoms with Crippen LogP contribution in [0.4, 0.5) is 17.6 Å². The first-order valence-electron chi connectivity index (χ1n) is 8.83. The number of halogens is 4. The minimum Gasteiger partial charge on any atom is -0.494 e. The van der Waals surface area contributed by atoms with E-state index in [1.165, 1.54) is 31.4 Å². The van der Waals surface area contributed by atoms with Crippen LogP contribution in [-0.4, -0.2) is 13.7 Å². The van der Waals surface area contributed by atoms with Crippen LogP contribution >= 0.6 is 0 Å². The Hall–Kier alpha value is -3.06. The molecule has 0 aromatic heterocycles. The van der Waals surface area contributed by atoms with Crippen LogP contribution < -0.4 is 9.47 Å². The van der Waals surface area contributed by atoms with Gasteiger partial charge in [-0.3, -0.25) is 0 Å². The molecule has 0 radical (unpaired) electrons. The summed E-state index contributed by atoms with van der Waals surface area (Å²) in [5.74, 6) is -4.57. The van der Waals surface area contributed by atoms with Crippen molar-refractivity contribution in [3.8, 4) is 22.6 Å². The van der Waals surface area contributed by atoms with Crippen molar-refractivity contribution in [2.45, 2.75) is 12.7 Å². The molecule has 1 atom stereocenters. The molecule has 0 N–H and O–H groups in total. The Morgan fingerprint density at radius 3 is 2.14 bits per heavy atom. The van der Waals surface area contributed by atoms with Crippen molar-refractivity contribution in [2.24, 2.45) is 0 Å². The summed E-state index contributed by atoms with van der Waals surface area (Å²) in [4.78, 5) is 0. The van der Waals surface area contributed by atoms with Gasteiger partial charge in [0.1, 0.15) is 12.7 Å². The van der Waals surface area contributed by atoms with Gasteiger partial charge < -0.3 is 14.2 Å². The standard InChI is InChI=1S/C22H16F4O3/c1-27-16-8-9-17(22(26)21(16)25)28-10-12-2-4-13(5-3-12)14-6-7-15(18-11-29-18)20(24)19(14)23/h2-9,18H,10-11H2,1H3. The predicted molar refractivity (Wildman–Crippen MR) is 97.7 cm³/mol. The molecule has 1 heterocycles. The van der Waals surface area contributed by atoms with Crippen LogP contribution in [0, 0.1) is 23.3 Å². The van der Waals surface area contributed by atoms with E-state index in [1.807, 2.05) is 0 Å². The van der Waals surface area contributed by atoms with Crippen LogP contribution in [-0.2, 0) is 11.3 Å². The highest BCUT2D eigenvalue weighted by molar-refractivity contribution is 5.65. The Labute approximate surface area is 164 Å². The maximum absolute atomic E-state index is 14.4. The van der Waals surface area contributed by atoms with Gasteiger partial charge in [0.25, 0.3) is 0 Å². The zero-order valence-corrected chi connectivity index (χ0v) is 15.3. The monoisotopic (exact) mass is 404 g/mol. The van der Waals surface area contributed by atoms with E-state index in [0.717, 1.165) is 0 Å². The number of benzene rings is 3. The number of methoxy groups -OCH3 is 1. The Morgan fingerprint density at radius 1 is 0.828 bits per heavy atom. The first-order valence-corrected chi connectivity index (χ1v) is 8.83. The number of hydrogen-bond acceptors (Lipinski definition) is 3. The lowest BCUT2D eigenvalue weighted by atomic mass is 10.0. The number of epoxide rings is 1. The number of rotatable bonds is 6. The van der Waals surface area contributed by atoms with Gasteiger partial charge in [0, 0.05) is 11.1 Å². The van der Waals surface area contributed by atoms with Gasteiger partial charge in [0.05, 0.1) is 13.7 Å². The molecule has 7 heteroatoms. The second-order valence-electron chi connectivity index (χ2n) is 6.53. The van der Waals surface area contributed by atoms with Gasteiger partial charge >= 0.3 is 0 Å². The van der Waals surface area contributed by atoms with E-state index in [2.05, 4.69) is 0 Å². The van der Waals surface area contributed by atoms with E-state index >= 15 is 0 Å². The summed E-state index contributed by atoms with van der Waals surface area (Å²) in [6.07, 6.45) is -0.374. The molecular weight excluding hydrogens is 388 g/mol. The normalized spacial score (nSPS) is 15.3. The summed E-state index contributed by atoms with van der Waals surface area (Å²) in [5, 5.41) is 0. The molecule has 0 amide bonds. The summed E-state index contributed by atoms with van der Waals surface area (Å²) in [6.45, 7) is 0.362. The Kier molecular flexibility index (Phi) is 5.15. The lowest BCUT2D eigenvalue weighted by Gasteiger charge is -2.11. The molecule has 1 saturated heterocycles. The van der Waals surface area contributed by atoms with Crippen LogP contribution in [0.25, 0.3) is 11.1 Å². The third kappa shape index (κ3) is 3.78. The van der Waals surface area contributed by atoms with Gasteiger partial charge in [-0.25, -0.2) is 8.78 Å². The second-order valence-corrected chi connectivity index (χ2v) is 6.53. The number of hydrogen-bond donors (Lipinski definition) is 0. The molecule has 1 aliphatic rings. The van der Waals surface area contributed by atoms with Gasteiger partial charge in [-0.05, 0) is 23.3 Å². The molecule has 1 unspecified atom stereocenters. The fourth-order valence-corrected chi connectivity index (χ4v) is 2.99. The van der Waals surface area contributed by atoms with E-state index in [9.17, 15) is 17.6 Å². The van der Waals surface area contributed by atoms with Crippen molar-refractivity contribution in [1.29, 1.82) is 0 Å². The lowest BCUT2D eigenvalue weighted by Crippen LogP contribution is -2.01. The van der Waals surface area contributed by atoms with E-state index in [-0.39, 0.29) is 35.3 Å². The molecular formula is C22H16F4O3. The summed E-state index contributed by atoms with van der Waals surface area (Å²) < 4.78 is 71.3. The van der Waals surface area contributed by atoms with Gasteiger partial charge in [-0.15, -0.1) is 0 Å². The van der Waals surface area contributed by atoms with E-state index in [1.54, 1.807) is 24.3 Å². The van der Waals surface area contributed by atoms with Crippen LogP contribution in [0.5, 0.6) is 11.5 Å². The molecule has 0 spiro atoms. The van der Waals surface area contributed by atoms with E-state index in [4.69, 9.17) is 14.2 Å². The average Bonchev–Trinajstić information content (AvgIpc) is 3.57. The Bertz CT molecular complexity index is 1050. The number of ether oxygens (including phenoxy) is 3. The molecule has 3 nitrogen and oxygen atoms in total. The van der Waals surface area contributed by atoms with Crippen LogP contribution in [0.3, 0.4) is 0 Å². The molecule has 3 aromatic carbocycles. The molecule has 0 aliphatic carbocycles. The first-order chi connectivity index (χ1) is 14.0. The topological polar surface area (TPSA) is 31.0 Å². The van der Waals surface area contributed by atoms with Crippen molar-refractivity contribution >= 4 is 0 Å². The molecule has 0 saturated carbocycles. The van der Waals surface area contributed by atoms with Gasteiger partial charge in [0.15, 0.2) is 23.1 Å². The highest BCUT2D eigenvalue weighted by Gasteiger charge is 2.30. The van der Waals surface area contributed by atoms with Gasteiger partial charge in [0.2, 0.25) is 11.6 Å². The summed E-state index contributed by atoms with van der Waals surface area (Å²) in [6, 6.07) is 12.1. The van der Waals surface area contributed by atoms with E-state index < -0.39 is 23.3 Å². The average molecular weight is 404 g/mol. The maximum Gasteiger partial charge on any atom is 0.204 e. The molecule has 0 bridgehead atoms. The second kappa shape index (κ2) is 7.75. The third-order valence-electron chi connectivity index (χ3n) is 4.68.